The third-order valence-electron chi connectivity index (χ3n) is 3.08. The smallest absolute Gasteiger partial charge is 0.353 e. The Balaban J connectivity index is 2.34. The van der Waals surface area contributed by atoms with Gasteiger partial charge in [0.25, 0.3) is 0 Å². The van der Waals surface area contributed by atoms with Gasteiger partial charge < -0.3 is 15.1 Å². The lowest BCUT2D eigenvalue weighted by atomic mass is 9.91. The van der Waals surface area contributed by atoms with Gasteiger partial charge >= 0.3 is 5.97 Å². The molecule has 1 fully saturated rings. The first kappa shape index (κ1) is 13.9. The second-order valence-electron chi connectivity index (χ2n) is 4.27. The van der Waals surface area contributed by atoms with Crippen LogP contribution in [0.3, 0.4) is 0 Å². The molecule has 0 aromatic heterocycles. The van der Waals surface area contributed by atoms with Crippen LogP contribution in [0.4, 0.5) is 0 Å². The van der Waals surface area contributed by atoms with Crippen LogP contribution in [0.25, 0.3) is 0 Å². The minimum atomic E-state index is -1.18. The molecule has 0 aromatic carbocycles. The van der Waals surface area contributed by atoms with E-state index in [1.165, 1.54) is 36.9 Å². The van der Waals surface area contributed by atoms with Crippen molar-refractivity contribution in [3.05, 3.63) is 11.3 Å². The molecule has 2 rings (SSSR count). The van der Waals surface area contributed by atoms with Gasteiger partial charge in [0.1, 0.15) is 12.8 Å². The molecule has 8 heteroatoms. The molecule has 7 nitrogen and oxygen atoms in total. The number of β-lactam (4-membered cyclic amide) rings is 1. The van der Waals surface area contributed by atoms with Crippen molar-refractivity contribution < 1.29 is 24.6 Å². The molecule has 0 aliphatic carbocycles. The van der Waals surface area contributed by atoms with Crippen molar-refractivity contribution in [2.24, 2.45) is 11.1 Å². The van der Waals surface area contributed by atoms with E-state index in [9.17, 15) is 19.8 Å². The van der Waals surface area contributed by atoms with Crippen molar-refractivity contribution in [3.63, 3.8) is 0 Å². The van der Waals surface area contributed by atoms with Gasteiger partial charge in [-0.2, -0.15) is 0 Å². The Morgan fingerprint density at radius 3 is 2.89 bits per heavy atom. The van der Waals surface area contributed by atoms with Gasteiger partial charge in [-0.05, 0) is 6.92 Å². The maximum Gasteiger partial charge on any atom is 0.353 e. The molecule has 2 aliphatic heterocycles. The molecule has 0 bridgehead atoms. The van der Waals surface area contributed by atoms with Gasteiger partial charge in [0.2, 0.25) is 5.91 Å². The standard InChI is InChI=1S/C11H14N2O5S/c1-5(14)7-9(15)13-8(11(16)17)6(3-12-18-2)4-19-10(7)13/h3,5,7,10,14H,4H2,1-2H3,(H,16,17)/t5-,7+,10-/m1/s1. The summed E-state index contributed by atoms with van der Waals surface area (Å²) in [6.45, 7) is 1.53. The number of carbonyl (C=O) groups excluding carboxylic acids is 1. The highest BCUT2D eigenvalue weighted by molar-refractivity contribution is 8.00. The molecule has 0 spiro atoms. The van der Waals surface area contributed by atoms with E-state index in [1.54, 1.807) is 0 Å². The maximum atomic E-state index is 12.0. The number of aliphatic hydroxyl groups is 1. The summed E-state index contributed by atoms with van der Waals surface area (Å²) in [6, 6.07) is 0. The Bertz CT molecular complexity index is 474. The van der Waals surface area contributed by atoms with Crippen LogP contribution in [0.15, 0.2) is 16.4 Å². The Morgan fingerprint density at radius 2 is 2.37 bits per heavy atom. The molecule has 104 valence electrons. The molecular formula is C11H14N2O5S. The van der Waals surface area contributed by atoms with Crippen LogP contribution in [0.1, 0.15) is 6.92 Å². The number of aliphatic carboxylic acids is 1. The number of carboxylic acid groups (broad SMARTS) is 1. The van der Waals surface area contributed by atoms with Crippen LogP contribution >= 0.6 is 11.8 Å². The van der Waals surface area contributed by atoms with Crippen LogP contribution in [0.5, 0.6) is 0 Å². The molecule has 3 atom stereocenters. The van der Waals surface area contributed by atoms with Gasteiger partial charge in [-0.1, -0.05) is 5.16 Å². The Hall–Kier alpha value is -1.54. The molecule has 0 unspecified atom stereocenters. The fourth-order valence-corrected chi connectivity index (χ4v) is 3.67. The highest BCUT2D eigenvalue weighted by atomic mass is 32.2. The quantitative estimate of drug-likeness (QED) is 0.424. The highest BCUT2D eigenvalue weighted by Crippen LogP contribution is 2.44. The number of aliphatic hydroxyl groups excluding tert-OH is 1. The Labute approximate surface area is 113 Å². The zero-order valence-corrected chi connectivity index (χ0v) is 11.3. The van der Waals surface area contributed by atoms with E-state index in [1.807, 2.05) is 0 Å². The Morgan fingerprint density at radius 1 is 1.68 bits per heavy atom. The number of hydrogen-bond acceptors (Lipinski definition) is 6. The molecule has 0 saturated carbocycles. The first-order chi connectivity index (χ1) is 8.99. The summed E-state index contributed by atoms with van der Waals surface area (Å²) in [5, 5.41) is 22.0. The van der Waals surface area contributed by atoms with Crippen LogP contribution in [-0.2, 0) is 14.4 Å². The van der Waals surface area contributed by atoms with Crippen molar-refractivity contribution in [2.45, 2.75) is 18.4 Å². The number of carboxylic acids is 1. The van der Waals surface area contributed by atoms with Crippen molar-refractivity contribution in [1.82, 2.24) is 4.90 Å². The minimum absolute atomic E-state index is 0.0774. The van der Waals surface area contributed by atoms with Crippen LogP contribution in [-0.4, -0.2) is 57.5 Å². The SMILES string of the molecule is CON=CC1=C(C(=O)O)N2C(=O)[C@H]([C@@H](C)O)[C@H]2SC1. The number of amides is 1. The molecule has 0 aromatic rings. The monoisotopic (exact) mass is 286 g/mol. The average Bonchev–Trinajstić information content (AvgIpc) is 2.34. The van der Waals surface area contributed by atoms with E-state index < -0.39 is 18.0 Å². The molecule has 19 heavy (non-hydrogen) atoms. The summed E-state index contributed by atoms with van der Waals surface area (Å²) in [7, 11) is 1.36. The van der Waals surface area contributed by atoms with Gasteiger partial charge in [0.15, 0.2) is 0 Å². The van der Waals surface area contributed by atoms with E-state index >= 15 is 0 Å². The summed E-state index contributed by atoms with van der Waals surface area (Å²) in [6.07, 6.45) is 0.515. The van der Waals surface area contributed by atoms with E-state index in [-0.39, 0.29) is 17.0 Å². The number of nitrogens with zero attached hydrogens (tertiary/aromatic N) is 2. The molecular weight excluding hydrogens is 272 g/mol. The largest absolute Gasteiger partial charge is 0.477 e. The number of fused-ring (bicyclic) bond motifs is 1. The van der Waals surface area contributed by atoms with Gasteiger partial charge in [0.05, 0.1) is 23.6 Å². The lowest BCUT2D eigenvalue weighted by molar-refractivity contribution is -0.157. The number of carbonyl (C=O) groups is 2. The second kappa shape index (κ2) is 5.22. The van der Waals surface area contributed by atoms with E-state index in [4.69, 9.17) is 0 Å². The van der Waals surface area contributed by atoms with Gasteiger partial charge in [0, 0.05) is 11.3 Å². The lowest BCUT2D eigenvalue weighted by Gasteiger charge is -2.50. The third kappa shape index (κ3) is 2.21. The van der Waals surface area contributed by atoms with Crippen molar-refractivity contribution in [3.8, 4) is 0 Å². The van der Waals surface area contributed by atoms with E-state index in [0.29, 0.717) is 11.3 Å². The van der Waals surface area contributed by atoms with Gasteiger partial charge in [-0.15, -0.1) is 11.8 Å². The van der Waals surface area contributed by atoms with Crippen molar-refractivity contribution >= 4 is 29.9 Å². The molecule has 1 amide bonds. The number of thioether (sulfide) groups is 1. The summed E-state index contributed by atoms with van der Waals surface area (Å²) >= 11 is 1.41. The molecule has 0 radical (unpaired) electrons. The zero-order valence-electron chi connectivity index (χ0n) is 10.4. The summed E-state index contributed by atoms with van der Waals surface area (Å²) < 4.78 is 0. The minimum Gasteiger partial charge on any atom is -0.477 e. The molecule has 1 saturated heterocycles. The number of rotatable bonds is 4. The van der Waals surface area contributed by atoms with E-state index in [0.717, 1.165) is 0 Å². The number of oxime groups is 1. The van der Waals surface area contributed by atoms with Gasteiger partial charge in [-0.25, -0.2) is 4.79 Å². The topological polar surface area (TPSA) is 99.4 Å². The average molecular weight is 286 g/mol. The molecule has 2 N–H and O–H groups in total. The first-order valence-electron chi connectivity index (χ1n) is 5.64. The van der Waals surface area contributed by atoms with Crippen LogP contribution < -0.4 is 0 Å². The normalized spacial score (nSPS) is 28.2. The van der Waals surface area contributed by atoms with Crippen molar-refractivity contribution in [1.29, 1.82) is 0 Å². The fourth-order valence-electron chi connectivity index (χ4n) is 2.20. The predicted octanol–water partition coefficient (Wildman–Crippen LogP) is -0.131. The van der Waals surface area contributed by atoms with E-state index in [2.05, 4.69) is 9.99 Å². The summed E-state index contributed by atoms with van der Waals surface area (Å²) in [5.41, 5.74) is 0.347. The Kier molecular flexibility index (Phi) is 3.81. The first-order valence-corrected chi connectivity index (χ1v) is 6.69. The number of hydrogen-bond donors (Lipinski definition) is 2. The molecule has 2 aliphatic rings. The summed E-state index contributed by atoms with van der Waals surface area (Å²) in [5.74, 6) is -1.68. The second-order valence-corrected chi connectivity index (χ2v) is 5.38. The van der Waals surface area contributed by atoms with Crippen LogP contribution in [0, 0.1) is 5.92 Å². The third-order valence-corrected chi connectivity index (χ3v) is 4.40. The van der Waals surface area contributed by atoms with Crippen LogP contribution in [0.2, 0.25) is 0 Å². The predicted molar refractivity (Wildman–Crippen MR) is 68.4 cm³/mol. The fraction of sp³-hybridized carbons (Fsp3) is 0.545. The van der Waals surface area contributed by atoms with Gasteiger partial charge in [-0.3, -0.25) is 9.69 Å². The zero-order chi connectivity index (χ0) is 14.2. The highest BCUT2D eigenvalue weighted by Gasteiger charge is 2.55. The van der Waals surface area contributed by atoms with Crippen molar-refractivity contribution in [2.75, 3.05) is 12.9 Å². The maximum absolute atomic E-state index is 12.0. The summed E-state index contributed by atoms with van der Waals surface area (Å²) in [4.78, 5) is 29.0. The lowest BCUT2D eigenvalue weighted by Crippen LogP contribution is -2.64. The molecule has 2 heterocycles.